The fourth-order valence-corrected chi connectivity index (χ4v) is 2.26. The van der Waals surface area contributed by atoms with Crippen LogP contribution in [0.1, 0.15) is 23.7 Å². The first kappa shape index (κ1) is 12.0. The van der Waals surface area contributed by atoms with Crippen molar-refractivity contribution in [2.75, 3.05) is 18.0 Å². The predicted octanol–water partition coefficient (Wildman–Crippen LogP) is 1.85. The molecule has 0 aliphatic carbocycles. The molecule has 4 heteroatoms. The van der Waals surface area contributed by atoms with E-state index < -0.39 is 5.82 Å². The van der Waals surface area contributed by atoms with Crippen LogP contribution in [0.4, 0.5) is 10.1 Å². The molecule has 2 rings (SSSR count). The zero-order valence-corrected chi connectivity index (χ0v) is 9.77. The molecule has 0 aromatic heterocycles. The molecule has 2 unspecified atom stereocenters. The molecule has 92 valence electrons. The standard InChI is InChI=1S/C13H16FNO2/c1-9-7-15(5-4-13(9)17)12-3-2-11(14)6-10(12)8-16/h2-3,6,8-9,13,17H,4-5,7H2,1H3. The van der Waals surface area contributed by atoms with Crippen molar-refractivity contribution >= 4 is 12.0 Å². The lowest BCUT2D eigenvalue weighted by Crippen LogP contribution is -2.42. The van der Waals surface area contributed by atoms with Crippen LogP contribution in [-0.4, -0.2) is 30.6 Å². The maximum atomic E-state index is 13.0. The Labute approximate surface area is 99.9 Å². The van der Waals surface area contributed by atoms with E-state index in [1.807, 2.05) is 11.8 Å². The van der Waals surface area contributed by atoms with Crippen LogP contribution in [-0.2, 0) is 0 Å². The third-order valence-corrected chi connectivity index (χ3v) is 3.32. The van der Waals surface area contributed by atoms with Gasteiger partial charge < -0.3 is 10.0 Å². The second-order valence-electron chi connectivity index (χ2n) is 4.60. The van der Waals surface area contributed by atoms with Crippen LogP contribution in [0.3, 0.4) is 0 Å². The first-order chi connectivity index (χ1) is 8.11. The number of anilines is 1. The van der Waals surface area contributed by atoms with Gasteiger partial charge in [0.15, 0.2) is 6.29 Å². The van der Waals surface area contributed by atoms with Crippen LogP contribution in [0.15, 0.2) is 18.2 Å². The fraction of sp³-hybridized carbons (Fsp3) is 0.462. The van der Waals surface area contributed by atoms with E-state index in [0.29, 0.717) is 31.4 Å². The van der Waals surface area contributed by atoms with Gasteiger partial charge in [-0.1, -0.05) is 6.92 Å². The largest absolute Gasteiger partial charge is 0.393 e. The summed E-state index contributed by atoms with van der Waals surface area (Å²) >= 11 is 0. The molecule has 0 saturated carbocycles. The third-order valence-electron chi connectivity index (χ3n) is 3.32. The van der Waals surface area contributed by atoms with Gasteiger partial charge in [-0.2, -0.15) is 0 Å². The average Bonchev–Trinajstić information content (AvgIpc) is 2.32. The molecular weight excluding hydrogens is 221 g/mol. The minimum Gasteiger partial charge on any atom is -0.393 e. The molecule has 1 N–H and O–H groups in total. The minimum absolute atomic E-state index is 0.160. The van der Waals surface area contributed by atoms with E-state index in [4.69, 9.17) is 0 Å². The highest BCUT2D eigenvalue weighted by atomic mass is 19.1. The topological polar surface area (TPSA) is 40.5 Å². The normalized spacial score (nSPS) is 24.8. The van der Waals surface area contributed by atoms with Gasteiger partial charge in [-0.3, -0.25) is 4.79 Å². The third kappa shape index (κ3) is 2.47. The Kier molecular flexibility index (Phi) is 3.43. The molecule has 1 heterocycles. The van der Waals surface area contributed by atoms with Crippen molar-refractivity contribution in [3.05, 3.63) is 29.6 Å². The summed E-state index contributed by atoms with van der Waals surface area (Å²) in [5.74, 6) is -0.241. The molecule has 2 atom stereocenters. The van der Waals surface area contributed by atoms with E-state index in [1.54, 1.807) is 6.07 Å². The second-order valence-corrected chi connectivity index (χ2v) is 4.60. The Morgan fingerprint density at radius 1 is 1.53 bits per heavy atom. The summed E-state index contributed by atoms with van der Waals surface area (Å²) in [6.45, 7) is 3.35. The molecule has 3 nitrogen and oxygen atoms in total. The molecule has 1 saturated heterocycles. The first-order valence-electron chi connectivity index (χ1n) is 5.79. The Balaban J connectivity index is 2.25. The van der Waals surface area contributed by atoms with Crippen molar-refractivity contribution < 1.29 is 14.3 Å². The van der Waals surface area contributed by atoms with Gasteiger partial charge in [0, 0.05) is 24.3 Å². The summed E-state index contributed by atoms with van der Waals surface area (Å²) in [5.41, 5.74) is 1.12. The molecular formula is C13H16FNO2. The van der Waals surface area contributed by atoms with Crippen molar-refractivity contribution in [2.24, 2.45) is 5.92 Å². The second kappa shape index (κ2) is 4.84. The number of aliphatic hydroxyl groups excluding tert-OH is 1. The summed E-state index contributed by atoms with van der Waals surface area (Å²) < 4.78 is 13.0. The Morgan fingerprint density at radius 2 is 2.29 bits per heavy atom. The van der Waals surface area contributed by atoms with E-state index in [0.717, 1.165) is 5.69 Å². The molecule has 1 aliphatic heterocycles. The maximum absolute atomic E-state index is 13.0. The van der Waals surface area contributed by atoms with E-state index >= 15 is 0 Å². The summed E-state index contributed by atoms with van der Waals surface area (Å²) in [6, 6.07) is 4.24. The molecule has 0 amide bonds. The minimum atomic E-state index is -0.402. The van der Waals surface area contributed by atoms with E-state index in [-0.39, 0.29) is 12.0 Å². The van der Waals surface area contributed by atoms with Crippen molar-refractivity contribution in [3.8, 4) is 0 Å². The van der Waals surface area contributed by atoms with Gasteiger partial charge in [0.05, 0.1) is 6.10 Å². The van der Waals surface area contributed by atoms with Crippen molar-refractivity contribution in [1.82, 2.24) is 0 Å². The lowest BCUT2D eigenvalue weighted by Gasteiger charge is -2.36. The van der Waals surface area contributed by atoms with E-state index in [2.05, 4.69) is 0 Å². The van der Waals surface area contributed by atoms with Crippen LogP contribution in [0.2, 0.25) is 0 Å². The number of rotatable bonds is 2. The lowest BCUT2D eigenvalue weighted by molar-refractivity contribution is 0.0970. The van der Waals surface area contributed by atoms with E-state index in [1.165, 1.54) is 12.1 Å². The number of nitrogens with zero attached hydrogens (tertiary/aromatic N) is 1. The molecule has 0 radical (unpaired) electrons. The van der Waals surface area contributed by atoms with Gasteiger partial charge in [-0.25, -0.2) is 4.39 Å². The van der Waals surface area contributed by atoms with Crippen LogP contribution < -0.4 is 4.90 Å². The van der Waals surface area contributed by atoms with Crippen LogP contribution in [0.5, 0.6) is 0 Å². The number of carbonyl (C=O) groups is 1. The molecule has 1 fully saturated rings. The Bertz CT molecular complexity index is 422. The smallest absolute Gasteiger partial charge is 0.152 e. The summed E-state index contributed by atoms with van der Waals surface area (Å²) in [4.78, 5) is 13.0. The van der Waals surface area contributed by atoms with E-state index in [9.17, 15) is 14.3 Å². The van der Waals surface area contributed by atoms with Crippen LogP contribution in [0, 0.1) is 11.7 Å². The van der Waals surface area contributed by atoms with Crippen molar-refractivity contribution in [2.45, 2.75) is 19.4 Å². The highest BCUT2D eigenvalue weighted by Gasteiger charge is 2.25. The molecule has 17 heavy (non-hydrogen) atoms. The summed E-state index contributed by atoms with van der Waals surface area (Å²) in [7, 11) is 0. The molecule has 0 bridgehead atoms. The maximum Gasteiger partial charge on any atom is 0.152 e. The number of benzene rings is 1. The number of piperidine rings is 1. The summed E-state index contributed by atoms with van der Waals surface area (Å²) in [6.07, 6.45) is 1.07. The van der Waals surface area contributed by atoms with Crippen LogP contribution >= 0.6 is 0 Å². The Hall–Kier alpha value is -1.42. The van der Waals surface area contributed by atoms with Crippen LogP contribution in [0.25, 0.3) is 0 Å². The van der Waals surface area contributed by atoms with Gasteiger partial charge >= 0.3 is 0 Å². The average molecular weight is 237 g/mol. The zero-order valence-electron chi connectivity index (χ0n) is 9.77. The molecule has 1 aromatic carbocycles. The number of hydrogen-bond donors (Lipinski definition) is 1. The number of hydrogen-bond acceptors (Lipinski definition) is 3. The molecule has 0 spiro atoms. The number of halogens is 1. The molecule has 1 aliphatic rings. The number of aldehydes is 1. The molecule has 1 aromatic rings. The van der Waals surface area contributed by atoms with Crippen molar-refractivity contribution in [3.63, 3.8) is 0 Å². The SMILES string of the molecule is CC1CN(c2ccc(F)cc2C=O)CCC1O. The quantitative estimate of drug-likeness (QED) is 0.798. The number of aliphatic hydroxyl groups is 1. The first-order valence-corrected chi connectivity index (χ1v) is 5.79. The predicted molar refractivity (Wildman–Crippen MR) is 63.8 cm³/mol. The van der Waals surface area contributed by atoms with Gasteiger partial charge in [0.1, 0.15) is 5.82 Å². The fourth-order valence-electron chi connectivity index (χ4n) is 2.26. The highest BCUT2D eigenvalue weighted by Crippen LogP contribution is 2.26. The van der Waals surface area contributed by atoms with Crippen molar-refractivity contribution in [1.29, 1.82) is 0 Å². The summed E-state index contributed by atoms with van der Waals surface area (Å²) in [5, 5.41) is 9.66. The van der Waals surface area contributed by atoms with Gasteiger partial charge in [0.25, 0.3) is 0 Å². The highest BCUT2D eigenvalue weighted by molar-refractivity contribution is 5.84. The number of carbonyl (C=O) groups excluding carboxylic acids is 1. The lowest BCUT2D eigenvalue weighted by atomic mass is 9.96. The Morgan fingerprint density at radius 3 is 2.94 bits per heavy atom. The van der Waals surface area contributed by atoms with Gasteiger partial charge in [-0.05, 0) is 30.5 Å². The zero-order chi connectivity index (χ0) is 12.4. The van der Waals surface area contributed by atoms with Gasteiger partial charge in [0.2, 0.25) is 0 Å². The van der Waals surface area contributed by atoms with Gasteiger partial charge in [-0.15, -0.1) is 0 Å². The monoisotopic (exact) mass is 237 g/mol.